The molecular weight excluding hydrogens is 228 g/mol. The number of nitrogens with zero attached hydrogens (tertiary/aromatic N) is 4. The van der Waals surface area contributed by atoms with Crippen LogP contribution in [0.1, 0.15) is 11.4 Å². The van der Waals surface area contributed by atoms with E-state index in [-0.39, 0.29) is 5.84 Å². The highest BCUT2D eigenvalue weighted by Gasteiger charge is 2.07. The summed E-state index contributed by atoms with van der Waals surface area (Å²) < 4.78 is 1.45. The molecule has 0 aliphatic rings. The van der Waals surface area contributed by atoms with E-state index in [1.165, 1.54) is 10.9 Å². The topological polar surface area (TPSA) is 93.5 Å². The monoisotopic (exact) mass is 236 g/mol. The second-order valence-electron chi connectivity index (χ2n) is 3.16. The minimum Gasteiger partial charge on any atom is -0.382 e. The van der Waals surface area contributed by atoms with Crippen LogP contribution < -0.4 is 5.73 Å². The summed E-state index contributed by atoms with van der Waals surface area (Å²) in [5, 5.41) is 11.9. The van der Waals surface area contributed by atoms with E-state index in [0.29, 0.717) is 22.4 Å². The van der Waals surface area contributed by atoms with E-state index in [1.54, 1.807) is 19.2 Å². The Bertz CT molecular complexity index is 527. The quantitative estimate of drug-likeness (QED) is 0.599. The third-order valence-electron chi connectivity index (χ3n) is 1.96. The van der Waals surface area contributed by atoms with Crippen LogP contribution in [0.3, 0.4) is 0 Å². The molecular formula is C9H9ClN6. The number of nitrogen functional groups attached to an aromatic ring is 1. The second-order valence-corrected chi connectivity index (χ2v) is 3.57. The fourth-order valence-corrected chi connectivity index (χ4v) is 1.28. The molecule has 0 spiro atoms. The average Bonchev–Trinajstić information content (AvgIpc) is 2.59. The zero-order valence-electron chi connectivity index (χ0n) is 8.48. The van der Waals surface area contributed by atoms with Gasteiger partial charge in [0.05, 0.1) is 16.9 Å². The van der Waals surface area contributed by atoms with Gasteiger partial charge < -0.3 is 5.73 Å². The molecule has 6 nitrogen and oxygen atoms in total. The standard InChI is InChI=1S/C9H9ClN6/c1-5-6(10)4-16(15-5)9-13-3-2-7(14-9)8(11)12/h2-4H,1H3,(H3,11,12). The molecule has 0 fully saturated rings. The van der Waals surface area contributed by atoms with Crippen molar-refractivity contribution in [2.75, 3.05) is 0 Å². The SMILES string of the molecule is Cc1nn(-c2nccc(C(=N)N)n2)cc1Cl. The second kappa shape index (κ2) is 3.90. The van der Waals surface area contributed by atoms with Gasteiger partial charge in [-0.1, -0.05) is 11.6 Å². The van der Waals surface area contributed by atoms with Crippen molar-refractivity contribution in [2.24, 2.45) is 5.73 Å². The molecule has 0 aliphatic heterocycles. The molecule has 2 heterocycles. The van der Waals surface area contributed by atoms with Crippen molar-refractivity contribution >= 4 is 17.4 Å². The van der Waals surface area contributed by atoms with Crippen molar-refractivity contribution in [3.05, 3.63) is 34.9 Å². The molecule has 0 aromatic carbocycles. The first-order valence-corrected chi connectivity index (χ1v) is 4.85. The Hall–Kier alpha value is -1.95. The van der Waals surface area contributed by atoms with Crippen LogP contribution in [-0.4, -0.2) is 25.6 Å². The van der Waals surface area contributed by atoms with Crippen molar-refractivity contribution < 1.29 is 0 Å². The van der Waals surface area contributed by atoms with E-state index in [2.05, 4.69) is 15.1 Å². The highest BCUT2D eigenvalue weighted by Crippen LogP contribution is 2.14. The predicted octanol–water partition coefficient (Wildman–Crippen LogP) is 0.908. The summed E-state index contributed by atoms with van der Waals surface area (Å²) >= 11 is 5.88. The molecule has 2 aromatic heterocycles. The predicted molar refractivity (Wildman–Crippen MR) is 59.9 cm³/mol. The van der Waals surface area contributed by atoms with Crippen molar-refractivity contribution in [2.45, 2.75) is 6.92 Å². The molecule has 0 atom stereocenters. The van der Waals surface area contributed by atoms with Crippen LogP contribution in [0.5, 0.6) is 0 Å². The van der Waals surface area contributed by atoms with Gasteiger partial charge in [-0.05, 0) is 13.0 Å². The number of nitrogens with two attached hydrogens (primary N) is 1. The van der Waals surface area contributed by atoms with Gasteiger partial charge in [0.25, 0.3) is 5.95 Å². The molecule has 0 saturated heterocycles. The highest BCUT2D eigenvalue weighted by molar-refractivity contribution is 6.31. The minimum atomic E-state index is -0.112. The van der Waals surface area contributed by atoms with Crippen molar-refractivity contribution in [3.8, 4) is 5.95 Å². The Balaban J connectivity index is 2.48. The molecule has 2 aromatic rings. The van der Waals surface area contributed by atoms with E-state index >= 15 is 0 Å². The van der Waals surface area contributed by atoms with Crippen molar-refractivity contribution in [1.82, 2.24) is 19.7 Å². The number of hydrogen-bond donors (Lipinski definition) is 2. The molecule has 0 radical (unpaired) electrons. The summed E-state index contributed by atoms with van der Waals surface area (Å²) in [4.78, 5) is 8.10. The summed E-state index contributed by atoms with van der Waals surface area (Å²) in [7, 11) is 0. The molecule has 0 unspecified atom stereocenters. The number of rotatable bonds is 2. The number of halogens is 1. The Labute approximate surface area is 96.6 Å². The van der Waals surface area contributed by atoms with E-state index in [1.807, 2.05) is 0 Å². The Morgan fingerprint density at radius 1 is 1.56 bits per heavy atom. The first-order chi connectivity index (χ1) is 7.58. The number of aromatic nitrogens is 4. The largest absolute Gasteiger partial charge is 0.382 e. The third-order valence-corrected chi connectivity index (χ3v) is 2.33. The van der Waals surface area contributed by atoms with Crippen LogP contribution in [0.4, 0.5) is 0 Å². The van der Waals surface area contributed by atoms with Crippen molar-refractivity contribution in [1.29, 1.82) is 5.41 Å². The fraction of sp³-hybridized carbons (Fsp3) is 0.111. The molecule has 82 valence electrons. The number of aryl methyl sites for hydroxylation is 1. The summed E-state index contributed by atoms with van der Waals surface area (Å²) in [5.74, 6) is 0.223. The lowest BCUT2D eigenvalue weighted by Gasteiger charge is -2.01. The number of hydrogen-bond acceptors (Lipinski definition) is 4. The lowest BCUT2D eigenvalue weighted by Crippen LogP contribution is -2.15. The molecule has 0 amide bonds. The van der Waals surface area contributed by atoms with E-state index in [9.17, 15) is 0 Å². The van der Waals surface area contributed by atoms with Gasteiger partial charge in [-0.3, -0.25) is 5.41 Å². The molecule has 0 bridgehead atoms. The van der Waals surface area contributed by atoms with E-state index in [4.69, 9.17) is 22.7 Å². The molecule has 7 heteroatoms. The van der Waals surface area contributed by atoms with Crippen LogP contribution in [0, 0.1) is 12.3 Å². The Morgan fingerprint density at radius 2 is 2.31 bits per heavy atom. The van der Waals surface area contributed by atoms with Crippen LogP contribution >= 0.6 is 11.6 Å². The average molecular weight is 237 g/mol. The van der Waals surface area contributed by atoms with Gasteiger partial charge in [-0.15, -0.1) is 0 Å². The lowest BCUT2D eigenvalue weighted by molar-refractivity contribution is 0.795. The smallest absolute Gasteiger partial charge is 0.251 e. The molecule has 0 aliphatic carbocycles. The minimum absolute atomic E-state index is 0.112. The first kappa shape index (κ1) is 10.6. The summed E-state index contributed by atoms with van der Waals surface area (Å²) in [6.45, 7) is 1.79. The number of amidine groups is 1. The summed E-state index contributed by atoms with van der Waals surface area (Å²) in [6, 6.07) is 1.56. The number of nitrogens with one attached hydrogen (secondary N) is 1. The Morgan fingerprint density at radius 3 is 2.88 bits per heavy atom. The maximum Gasteiger partial charge on any atom is 0.251 e. The van der Waals surface area contributed by atoms with Gasteiger partial charge in [0.1, 0.15) is 11.5 Å². The van der Waals surface area contributed by atoms with Crippen LogP contribution in [0.2, 0.25) is 5.02 Å². The van der Waals surface area contributed by atoms with Crippen LogP contribution in [-0.2, 0) is 0 Å². The van der Waals surface area contributed by atoms with Gasteiger partial charge in [0.2, 0.25) is 0 Å². The van der Waals surface area contributed by atoms with Crippen LogP contribution in [0.25, 0.3) is 5.95 Å². The molecule has 16 heavy (non-hydrogen) atoms. The molecule has 2 rings (SSSR count). The highest BCUT2D eigenvalue weighted by atomic mass is 35.5. The fourth-order valence-electron chi connectivity index (χ4n) is 1.15. The summed E-state index contributed by atoms with van der Waals surface area (Å²) in [6.07, 6.45) is 3.13. The zero-order valence-corrected chi connectivity index (χ0v) is 9.23. The zero-order chi connectivity index (χ0) is 11.7. The normalized spacial score (nSPS) is 10.4. The Kier molecular flexibility index (Phi) is 2.57. The maximum absolute atomic E-state index is 7.27. The van der Waals surface area contributed by atoms with E-state index in [0.717, 1.165) is 0 Å². The lowest BCUT2D eigenvalue weighted by atomic mass is 10.4. The van der Waals surface area contributed by atoms with Crippen molar-refractivity contribution in [3.63, 3.8) is 0 Å². The van der Waals surface area contributed by atoms with E-state index < -0.39 is 0 Å². The van der Waals surface area contributed by atoms with Crippen LogP contribution in [0.15, 0.2) is 18.5 Å². The molecule has 3 N–H and O–H groups in total. The van der Waals surface area contributed by atoms with Gasteiger partial charge >= 0.3 is 0 Å². The third kappa shape index (κ3) is 1.87. The van der Waals surface area contributed by atoms with Gasteiger partial charge in [-0.2, -0.15) is 5.10 Å². The molecule has 0 saturated carbocycles. The summed E-state index contributed by atoms with van der Waals surface area (Å²) in [5.41, 5.74) is 6.38. The van der Waals surface area contributed by atoms with Gasteiger partial charge in [-0.25, -0.2) is 14.6 Å². The van der Waals surface area contributed by atoms with Gasteiger partial charge in [0.15, 0.2) is 0 Å². The first-order valence-electron chi connectivity index (χ1n) is 4.47. The maximum atomic E-state index is 7.27. The van der Waals surface area contributed by atoms with Gasteiger partial charge in [0, 0.05) is 6.20 Å².